The topological polar surface area (TPSA) is 90.8 Å². The maximum Gasteiger partial charge on any atom is 0.329 e. The Morgan fingerprint density at radius 1 is 1.00 bits per heavy atom. The first-order chi connectivity index (χ1) is 12.5. The number of amides is 2. The maximum absolute atomic E-state index is 11.9. The molecule has 0 atom stereocenters. The van der Waals surface area contributed by atoms with Crippen molar-refractivity contribution in [1.82, 2.24) is 5.43 Å². The van der Waals surface area contributed by atoms with Gasteiger partial charge in [0.2, 0.25) is 0 Å². The van der Waals surface area contributed by atoms with E-state index in [1.807, 2.05) is 37.3 Å². The molecule has 0 fully saturated rings. The van der Waals surface area contributed by atoms with Crippen molar-refractivity contribution >= 4 is 34.5 Å². The molecule has 0 saturated carbocycles. The second-order valence-electron chi connectivity index (χ2n) is 5.74. The van der Waals surface area contributed by atoms with Crippen LogP contribution in [0.15, 0.2) is 65.8 Å². The lowest BCUT2D eigenvalue weighted by Crippen LogP contribution is -2.32. The zero-order valence-corrected chi connectivity index (χ0v) is 14.1. The third kappa shape index (κ3) is 3.87. The highest BCUT2D eigenvalue weighted by atomic mass is 16.3. The van der Waals surface area contributed by atoms with E-state index in [0.29, 0.717) is 11.3 Å². The number of aromatic hydroxyl groups is 1. The monoisotopic (exact) mass is 347 g/mol. The van der Waals surface area contributed by atoms with Crippen LogP contribution >= 0.6 is 0 Å². The molecule has 26 heavy (non-hydrogen) atoms. The Balaban J connectivity index is 1.69. The summed E-state index contributed by atoms with van der Waals surface area (Å²) >= 11 is 0. The van der Waals surface area contributed by atoms with E-state index in [0.717, 1.165) is 16.3 Å². The predicted octanol–water partition coefficient (Wildman–Crippen LogP) is 2.94. The summed E-state index contributed by atoms with van der Waals surface area (Å²) in [5, 5.41) is 18.0. The van der Waals surface area contributed by atoms with Crippen molar-refractivity contribution in [2.75, 3.05) is 5.32 Å². The van der Waals surface area contributed by atoms with Crippen molar-refractivity contribution in [3.8, 4) is 5.75 Å². The summed E-state index contributed by atoms with van der Waals surface area (Å²) in [5.41, 5.74) is 4.12. The van der Waals surface area contributed by atoms with Crippen LogP contribution in [0.25, 0.3) is 10.8 Å². The van der Waals surface area contributed by atoms with Crippen LogP contribution in [-0.4, -0.2) is 23.1 Å². The summed E-state index contributed by atoms with van der Waals surface area (Å²) in [6, 6.07) is 17.9. The summed E-state index contributed by atoms with van der Waals surface area (Å²) in [4.78, 5) is 23.8. The van der Waals surface area contributed by atoms with Gasteiger partial charge in [-0.15, -0.1) is 0 Å². The van der Waals surface area contributed by atoms with Gasteiger partial charge in [0.05, 0.1) is 6.21 Å². The summed E-state index contributed by atoms with van der Waals surface area (Å²) in [7, 11) is 0. The van der Waals surface area contributed by atoms with Crippen molar-refractivity contribution in [2.45, 2.75) is 6.92 Å². The van der Waals surface area contributed by atoms with Crippen molar-refractivity contribution in [3.63, 3.8) is 0 Å². The van der Waals surface area contributed by atoms with Crippen molar-refractivity contribution < 1.29 is 14.7 Å². The van der Waals surface area contributed by atoms with Crippen LogP contribution in [0.2, 0.25) is 0 Å². The molecule has 2 amide bonds. The molecule has 3 rings (SSSR count). The molecule has 0 bridgehead atoms. The number of nitrogens with zero attached hydrogens (tertiary/aromatic N) is 1. The van der Waals surface area contributed by atoms with Gasteiger partial charge < -0.3 is 10.4 Å². The summed E-state index contributed by atoms with van der Waals surface area (Å²) in [5.74, 6) is -1.69. The number of phenols is 1. The molecule has 3 aromatic rings. The Kier molecular flexibility index (Phi) is 4.94. The van der Waals surface area contributed by atoms with Gasteiger partial charge in [-0.25, -0.2) is 5.43 Å². The third-order valence-corrected chi connectivity index (χ3v) is 3.79. The fourth-order valence-corrected chi connectivity index (χ4v) is 2.54. The van der Waals surface area contributed by atoms with E-state index in [2.05, 4.69) is 15.8 Å². The predicted molar refractivity (Wildman–Crippen MR) is 101 cm³/mol. The molecule has 0 aliphatic heterocycles. The lowest BCUT2D eigenvalue weighted by atomic mass is 10.0. The van der Waals surface area contributed by atoms with Crippen LogP contribution in [0.5, 0.6) is 5.75 Å². The second-order valence-corrected chi connectivity index (χ2v) is 5.74. The highest BCUT2D eigenvalue weighted by molar-refractivity contribution is 6.39. The van der Waals surface area contributed by atoms with E-state index >= 15 is 0 Å². The lowest BCUT2D eigenvalue weighted by molar-refractivity contribution is -0.136. The minimum atomic E-state index is -0.900. The van der Waals surface area contributed by atoms with E-state index < -0.39 is 11.8 Å². The van der Waals surface area contributed by atoms with Gasteiger partial charge in [0.25, 0.3) is 0 Å². The number of hydrogen-bond donors (Lipinski definition) is 3. The minimum absolute atomic E-state index is 0.0333. The van der Waals surface area contributed by atoms with Crippen LogP contribution < -0.4 is 10.7 Å². The number of benzene rings is 3. The fraction of sp³-hybridized carbons (Fsp3) is 0.0500. The number of carbonyl (C=O) groups excluding carboxylic acids is 2. The van der Waals surface area contributed by atoms with Crippen molar-refractivity contribution in [3.05, 3.63) is 71.8 Å². The van der Waals surface area contributed by atoms with Gasteiger partial charge in [-0.2, -0.15) is 5.10 Å². The molecule has 6 heteroatoms. The number of carbonyl (C=O) groups is 2. The van der Waals surface area contributed by atoms with Gasteiger partial charge in [0.15, 0.2) is 0 Å². The van der Waals surface area contributed by atoms with Crippen molar-refractivity contribution in [2.24, 2.45) is 5.10 Å². The minimum Gasteiger partial charge on any atom is -0.507 e. The number of rotatable bonds is 3. The third-order valence-electron chi connectivity index (χ3n) is 3.79. The number of hydrazone groups is 1. The maximum atomic E-state index is 11.9. The Morgan fingerprint density at radius 2 is 1.81 bits per heavy atom. The molecular formula is C20H17N3O3. The largest absolute Gasteiger partial charge is 0.507 e. The molecule has 0 saturated heterocycles. The van der Waals surface area contributed by atoms with E-state index in [1.54, 1.807) is 30.3 Å². The van der Waals surface area contributed by atoms with Crippen LogP contribution in [0.3, 0.4) is 0 Å². The van der Waals surface area contributed by atoms with Gasteiger partial charge in [0, 0.05) is 11.3 Å². The number of nitrogens with one attached hydrogen (secondary N) is 2. The van der Waals surface area contributed by atoms with E-state index in [-0.39, 0.29) is 5.75 Å². The standard InChI is InChI=1S/C20H17N3O3/c1-13-5-4-7-15(11-13)22-19(25)20(26)23-21-12-17-16-8-3-2-6-14(16)9-10-18(17)24/h2-12,24H,1H3,(H,22,25)(H,23,26). The average Bonchev–Trinajstić information content (AvgIpc) is 2.63. The van der Waals surface area contributed by atoms with E-state index in [4.69, 9.17) is 0 Å². The van der Waals surface area contributed by atoms with Crippen LogP contribution in [0, 0.1) is 6.92 Å². The van der Waals surface area contributed by atoms with Gasteiger partial charge in [-0.05, 0) is 41.5 Å². The zero-order valence-electron chi connectivity index (χ0n) is 14.1. The molecule has 0 unspecified atom stereocenters. The Hall–Kier alpha value is -3.67. The first kappa shape index (κ1) is 17.2. The number of hydrogen-bond acceptors (Lipinski definition) is 4. The first-order valence-corrected chi connectivity index (χ1v) is 7.96. The molecule has 0 aromatic heterocycles. The Morgan fingerprint density at radius 3 is 2.62 bits per heavy atom. The van der Waals surface area contributed by atoms with Gasteiger partial charge in [-0.3, -0.25) is 9.59 Å². The van der Waals surface area contributed by atoms with Gasteiger partial charge in [0.1, 0.15) is 5.75 Å². The zero-order chi connectivity index (χ0) is 18.5. The van der Waals surface area contributed by atoms with E-state index in [1.165, 1.54) is 6.21 Å². The summed E-state index contributed by atoms with van der Waals surface area (Å²) in [6.07, 6.45) is 1.31. The SMILES string of the molecule is Cc1cccc(NC(=O)C(=O)NN=Cc2c(O)ccc3ccccc23)c1. The quantitative estimate of drug-likeness (QED) is 0.386. The highest BCUT2D eigenvalue weighted by Crippen LogP contribution is 2.25. The van der Waals surface area contributed by atoms with Crippen LogP contribution in [0.4, 0.5) is 5.69 Å². The smallest absolute Gasteiger partial charge is 0.329 e. The first-order valence-electron chi connectivity index (χ1n) is 7.96. The van der Waals surface area contributed by atoms with Crippen LogP contribution in [0.1, 0.15) is 11.1 Å². The Bertz CT molecular complexity index is 1010. The molecule has 6 nitrogen and oxygen atoms in total. The number of phenolic OH excluding ortho intramolecular Hbond substituents is 1. The fourth-order valence-electron chi connectivity index (χ4n) is 2.54. The molecular weight excluding hydrogens is 330 g/mol. The molecule has 0 heterocycles. The second kappa shape index (κ2) is 7.48. The molecule has 3 N–H and O–H groups in total. The average molecular weight is 347 g/mol. The Labute approximate surface area is 150 Å². The normalized spacial score (nSPS) is 10.8. The molecule has 0 aliphatic carbocycles. The number of anilines is 1. The lowest BCUT2D eigenvalue weighted by Gasteiger charge is -2.06. The molecule has 0 aliphatic rings. The van der Waals surface area contributed by atoms with E-state index in [9.17, 15) is 14.7 Å². The van der Waals surface area contributed by atoms with Crippen molar-refractivity contribution in [1.29, 1.82) is 0 Å². The molecule has 0 spiro atoms. The highest BCUT2D eigenvalue weighted by Gasteiger charge is 2.13. The molecule has 0 radical (unpaired) electrons. The molecule has 130 valence electrons. The van der Waals surface area contributed by atoms with Gasteiger partial charge >= 0.3 is 11.8 Å². The molecule has 3 aromatic carbocycles. The summed E-state index contributed by atoms with van der Waals surface area (Å²) in [6.45, 7) is 1.89. The number of fused-ring (bicyclic) bond motifs is 1. The summed E-state index contributed by atoms with van der Waals surface area (Å²) < 4.78 is 0. The number of aryl methyl sites for hydroxylation is 1. The van der Waals surface area contributed by atoms with Gasteiger partial charge in [-0.1, -0.05) is 42.5 Å². The van der Waals surface area contributed by atoms with Crippen LogP contribution in [-0.2, 0) is 9.59 Å².